The van der Waals surface area contributed by atoms with Crippen LogP contribution in [0.3, 0.4) is 0 Å². The number of nitrogens with two attached hydrogens (primary N) is 1. The number of aliphatic carboxylic acids is 1. The van der Waals surface area contributed by atoms with Crippen molar-refractivity contribution in [3.8, 4) is 0 Å². The Balaban J connectivity index is 4.48. The number of carbonyl (C=O) groups excluding carboxylic acids is 2. The normalized spacial score (nSPS) is 14.2. The van der Waals surface area contributed by atoms with Gasteiger partial charge in [-0.15, -0.1) is 0 Å². The van der Waals surface area contributed by atoms with Crippen LogP contribution in [-0.2, 0) is 37.5 Å². The van der Waals surface area contributed by atoms with Crippen molar-refractivity contribution in [1.82, 2.24) is 0 Å². The molecule has 0 saturated heterocycles. The van der Waals surface area contributed by atoms with Gasteiger partial charge in [-0.3, -0.25) is 23.4 Å². The first-order chi connectivity index (χ1) is 23.6. The van der Waals surface area contributed by atoms with E-state index in [4.69, 9.17) is 24.8 Å². The molecule has 3 atom stereocenters. The van der Waals surface area contributed by atoms with Crippen LogP contribution >= 0.6 is 7.82 Å². The summed E-state index contributed by atoms with van der Waals surface area (Å²) in [6.45, 7) is 2.72. The maximum Gasteiger partial charge on any atom is 0.472 e. The van der Waals surface area contributed by atoms with E-state index in [1.165, 1.54) is 77.0 Å². The monoisotopic (exact) mass is 717 g/mol. The third kappa shape index (κ3) is 32.9. The summed E-state index contributed by atoms with van der Waals surface area (Å²) >= 11 is 0. The fourth-order valence-corrected chi connectivity index (χ4v) is 5.70. The summed E-state index contributed by atoms with van der Waals surface area (Å²) in [5.41, 5.74) is 5.31. The van der Waals surface area contributed by atoms with Crippen molar-refractivity contribution in [3.63, 3.8) is 0 Å². The van der Waals surface area contributed by atoms with Gasteiger partial charge >= 0.3 is 25.7 Å². The highest BCUT2D eigenvalue weighted by molar-refractivity contribution is 7.47. The zero-order valence-corrected chi connectivity index (χ0v) is 31.4. The minimum atomic E-state index is -4.71. The second-order valence-corrected chi connectivity index (χ2v) is 14.2. The van der Waals surface area contributed by atoms with Crippen LogP contribution in [0.5, 0.6) is 0 Å². The Morgan fingerprint density at radius 2 is 1.08 bits per heavy atom. The fraction of sp³-hybridized carbons (Fsp3) is 0.811. The molecule has 0 amide bonds. The average Bonchev–Trinajstić information content (AvgIpc) is 3.07. The Labute approximate surface area is 296 Å². The van der Waals surface area contributed by atoms with E-state index >= 15 is 0 Å². The van der Waals surface area contributed by atoms with Crippen molar-refractivity contribution >= 4 is 25.7 Å². The smallest absolute Gasteiger partial charge is 0.472 e. The fourth-order valence-electron chi connectivity index (χ4n) is 4.92. The number of carboxylic acid groups (broad SMARTS) is 1. The Hall–Kier alpha value is -2.04. The van der Waals surface area contributed by atoms with Crippen molar-refractivity contribution in [2.24, 2.45) is 5.73 Å². The van der Waals surface area contributed by atoms with Crippen LogP contribution in [0, 0.1) is 0 Å². The Morgan fingerprint density at radius 3 is 1.63 bits per heavy atom. The zero-order valence-electron chi connectivity index (χ0n) is 30.5. The predicted molar refractivity (Wildman–Crippen MR) is 194 cm³/mol. The topological polar surface area (TPSA) is 172 Å². The van der Waals surface area contributed by atoms with Gasteiger partial charge in [-0.05, 0) is 44.9 Å². The molecule has 0 saturated carbocycles. The van der Waals surface area contributed by atoms with Crippen LogP contribution in [-0.4, -0.2) is 59.9 Å². The molecule has 0 fully saturated rings. The number of carbonyl (C=O) groups is 3. The summed E-state index contributed by atoms with van der Waals surface area (Å²) in [5, 5.41) is 8.84. The van der Waals surface area contributed by atoms with Crippen molar-refractivity contribution in [2.75, 3.05) is 19.8 Å². The average molecular weight is 718 g/mol. The zero-order chi connectivity index (χ0) is 36.4. The molecule has 0 bridgehead atoms. The van der Waals surface area contributed by atoms with Gasteiger partial charge < -0.3 is 25.2 Å². The van der Waals surface area contributed by atoms with Gasteiger partial charge in [-0.1, -0.05) is 128 Å². The SMILES string of the molecule is CCCCCCCC/C=C/C/C=C/CCCCC(=O)OC[C@@H](COP(=O)(O)OC[C@@H](N)C(=O)O)OC(=O)CCCCCCCCCCCC. The minimum absolute atomic E-state index is 0.157. The first-order valence-corrected chi connectivity index (χ1v) is 20.4. The number of hydrogen-bond donors (Lipinski definition) is 3. The lowest BCUT2D eigenvalue weighted by molar-refractivity contribution is -0.161. The van der Waals surface area contributed by atoms with Gasteiger partial charge in [0, 0.05) is 12.8 Å². The maximum absolute atomic E-state index is 12.5. The molecule has 1 unspecified atom stereocenters. The predicted octanol–water partition coefficient (Wildman–Crippen LogP) is 9.11. The van der Waals surface area contributed by atoms with Crippen LogP contribution < -0.4 is 5.73 Å². The highest BCUT2D eigenvalue weighted by atomic mass is 31.2. The van der Waals surface area contributed by atoms with Crippen molar-refractivity contribution < 1.29 is 47.5 Å². The number of rotatable bonds is 35. The van der Waals surface area contributed by atoms with Crippen LogP contribution in [0.1, 0.15) is 162 Å². The second-order valence-electron chi connectivity index (χ2n) is 12.7. The van der Waals surface area contributed by atoms with E-state index in [0.29, 0.717) is 12.8 Å². The lowest BCUT2D eigenvalue weighted by Gasteiger charge is -2.20. The molecule has 49 heavy (non-hydrogen) atoms. The standard InChI is InChI=1S/C37H68NO10P/c1-3-5-7-9-11-13-15-16-17-18-19-21-22-24-26-28-35(39)45-30-33(31-46-49(43,44)47-32-34(38)37(41)42)48-36(40)29-27-25-23-20-14-12-10-8-6-4-2/h16-17,19,21,33-34H,3-15,18,20,22-32,38H2,1-2H3,(H,41,42)(H,43,44)/b17-16+,21-19+/t33-,34+/m0/s1. The molecule has 0 aliphatic rings. The van der Waals surface area contributed by atoms with Gasteiger partial charge in [0.25, 0.3) is 0 Å². The molecule has 0 radical (unpaired) electrons. The third-order valence-corrected chi connectivity index (χ3v) is 8.90. The largest absolute Gasteiger partial charge is 0.480 e. The number of phosphoric ester groups is 1. The first kappa shape index (κ1) is 47.0. The Morgan fingerprint density at radius 1 is 0.633 bits per heavy atom. The number of hydrogen-bond acceptors (Lipinski definition) is 9. The first-order valence-electron chi connectivity index (χ1n) is 18.9. The number of unbranched alkanes of at least 4 members (excludes halogenated alkanes) is 17. The molecule has 0 aliphatic carbocycles. The highest BCUT2D eigenvalue weighted by Crippen LogP contribution is 2.43. The van der Waals surface area contributed by atoms with E-state index < -0.39 is 51.1 Å². The van der Waals surface area contributed by atoms with E-state index in [9.17, 15) is 23.8 Å². The second kappa shape index (κ2) is 33.1. The van der Waals surface area contributed by atoms with Crippen molar-refractivity contribution in [2.45, 2.75) is 174 Å². The quantitative estimate of drug-likeness (QED) is 0.0247. The summed E-state index contributed by atoms with van der Waals surface area (Å²) in [6, 6.07) is -1.52. The summed E-state index contributed by atoms with van der Waals surface area (Å²) < 4.78 is 32.5. The lowest BCUT2D eigenvalue weighted by Crippen LogP contribution is -2.34. The van der Waals surface area contributed by atoms with Gasteiger partial charge in [-0.2, -0.15) is 0 Å². The molecule has 0 aromatic heterocycles. The molecular weight excluding hydrogens is 649 g/mol. The van der Waals surface area contributed by atoms with Gasteiger partial charge in [0.05, 0.1) is 13.2 Å². The molecule has 0 aromatic carbocycles. The van der Waals surface area contributed by atoms with Crippen LogP contribution in [0.4, 0.5) is 0 Å². The molecule has 0 aromatic rings. The molecular formula is C37H68NO10P. The van der Waals surface area contributed by atoms with Crippen LogP contribution in [0.15, 0.2) is 24.3 Å². The van der Waals surface area contributed by atoms with Gasteiger partial charge in [0.2, 0.25) is 0 Å². The molecule has 4 N–H and O–H groups in total. The molecule has 0 heterocycles. The molecule has 0 rings (SSSR count). The van der Waals surface area contributed by atoms with E-state index in [-0.39, 0.29) is 19.4 Å². The number of phosphoric acid groups is 1. The summed E-state index contributed by atoms with van der Waals surface area (Å²) in [4.78, 5) is 45.6. The molecule has 0 spiro atoms. The van der Waals surface area contributed by atoms with Crippen molar-refractivity contribution in [3.05, 3.63) is 24.3 Å². The molecule has 12 heteroatoms. The van der Waals surface area contributed by atoms with Crippen LogP contribution in [0.25, 0.3) is 0 Å². The Kier molecular flexibility index (Phi) is 31.7. The summed E-state index contributed by atoms with van der Waals surface area (Å²) in [6.07, 6.45) is 31.2. The van der Waals surface area contributed by atoms with E-state index in [0.717, 1.165) is 44.9 Å². The molecule has 286 valence electrons. The lowest BCUT2D eigenvalue weighted by atomic mass is 10.1. The van der Waals surface area contributed by atoms with Crippen LogP contribution in [0.2, 0.25) is 0 Å². The van der Waals surface area contributed by atoms with Gasteiger partial charge in [0.15, 0.2) is 6.10 Å². The Bertz CT molecular complexity index is 942. The number of esters is 2. The van der Waals surface area contributed by atoms with Crippen molar-refractivity contribution in [1.29, 1.82) is 0 Å². The summed E-state index contributed by atoms with van der Waals surface area (Å²) in [7, 11) is -4.71. The van der Waals surface area contributed by atoms with Gasteiger partial charge in [-0.25, -0.2) is 4.57 Å². The van der Waals surface area contributed by atoms with E-state index in [2.05, 4.69) is 42.7 Å². The number of allylic oxidation sites excluding steroid dienone is 4. The maximum atomic E-state index is 12.5. The third-order valence-electron chi connectivity index (χ3n) is 7.95. The van der Waals surface area contributed by atoms with Gasteiger partial charge in [0.1, 0.15) is 12.6 Å². The number of ether oxygens (including phenoxy) is 2. The molecule has 11 nitrogen and oxygen atoms in total. The number of carboxylic acids is 1. The molecule has 0 aliphatic heterocycles. The highest BCUT2D eigenvalue weighted by Gasteiger charge is 2.28. The van der Waals surface area contributed by atoms with E-state index in [1.54, 1.807) is 0 Å². The summed E-state index contributed by atoms with van der Waals surface area (Å²) in [5.74, 6) is -2.42. The van der Waals surface area contributed by atoms with E-state index in [1.807, 2.05) is 0 Å². The minimum Gasteiger partial charge on any atom is -0.480 e.